The average molecular weight is 510 g/mol. The van der Waals surface area contributed by atoms with Crippen molar-refractivity contribution < 1.29 is 17.3 Å². The number of para-hydroxylation sites is 1. The van der Waals surface area contributed by atoms with Crippen LogP contribution < -0.4 is 15.5 Å². The summed E-state index contributed by atoms with van der Waals surface area (Å²) in [6, 6.07) is 19.1. The molecule has 188 valence electrons. The van der Waals surface area contributed by atoms with Crippen molar-refractivity contribution in [1.82, 2.24) is 9.78 Å². The van der Waals surface area contributed by atoms with Crippen molar-refractivity contribution in [2.24, 2.45) is 5.73 Å². The number of nitrogens with two attached hydrogens (primary N) is 1. The molecule has 4 aromatic rings. The van der Waals surface area contributed by atoms with Crippen LogP contribution >= 0.6 is 0 Å². The number of anilines is 2. The third-order valence-electron chi connectivity index (χ3n) is 6.61. The van der Waals surface area contributed by atoms with Crippen LogP contribution in [0.1, 0.15) is 16.8 Å². The molecule has 0 radical (unpaired) electrons. The molecule has 36 heavy (non-hydrogen) atoms. The van der Waals surface area contributed by atoms with Gasteiger partial charge in [0.05, 0.1) is 23.7 Å². The van der Waals surface area contributed by atoms with Crippen LogP contribution in [-0.2, 0) is 28.7 Å². The second-order valence-corrected chi connectivity index (χ2v) is 9.42. The molecule has 8 nitrogen and oxygen atoms in total. The van der Waals surface area contributed by atoms with E-state index < -0.39 is 11.4 Å². The second kappa shape index (κ2) is 10.4. The van der Waals surface area contributed by atoms with Crippen LogP contribution in [0.15, 0.2) is 60.7 Å². The molecule has 3 N–H and O–H groups in total. The highest BCUT2D eigenvalue weighted by atomic mass is 32.2. The summed E-state index contributed by atoms with van der Waals surface area (Å²) in [6.45, 7) is 4.92. The second-order valence-electron chi connectivity index (χ2n) is 8.75. The molecule has 3 aromatic carbocycles. The van der Waals surface area contributed by atoms with E-state index in [0.29, 0.717) is 43.9 Å². The molecule has 1 fully saturated rings. The molecule has 5 rings (SSSR count). The van der Waals surface area contributed by atoms with Gasteiger partial charge in [-0.15, -0.1) is 0 Å². The van der Waals surface area contributed by atoms with Gasteiger partial charge in [-0.1, -0.05) is 30.3 Å². The van der Waals surface area contributed by atoms with Gasteiger partial charge in [0.15, 0.2) is 5.82 Å². The van der Waals surface area contributed by atoms with Gasteiger partial charge in [0.2, 0.25) is 0 Å². The maximum absolute atomic E-state index is 16.0. The first-order chi connectivity index (χ1) is 17.5. The van der Waals surface area contributed by atoms with Crippen LogP contribution in [0.3, 0.4) is 0 Å². The van der Waals surface area contributed by atoms with Crippen LogP contribution in [0.2, 0.25) is 0 Å². The summed E-state index contributed by atoms with van der Waals surface area (Å²) in [5.74, 6) is -0.293. The smallest absolute Gasteiger partial charge is 0.302 e. The minimum atomic E-state index is -2.32. The molecule has 1 aliphatic heterocycles. The van der Waals surface area contributed by atoms with Gasteiger partial charge < -0.3 is 15.5 Å². The highest BCUT2D eigenvalue weighted by molar-refractivity contribution is 7.74. The molecule has 0 saturated carbocycles. The zero-order valence-electron chi connectivity index (χ0n) is 19.9. The SMILES string of the molecule is Cc1nn(-c2cccc(CN)c2)c2c(F)c(N3CCN(c4ccccc4COS(=O)O)CC3)ccc12. The average Bonchev–Trinajstić information content (AvgIpc) is 3.25. The molecule has 0 spiro atoms. The Bertz CT molecular complexity index is 1420. The molecule has 1 unspecified atom stereocenters. The largest absolute Gasteiger partial charge is 0.368 e. The van der Waals surface area contributed by atoms with Crippen molar-refractivity contribution in [3.63, 3.8) is 0 Å². The molecule has 0 amide bonds. The summed E-state index contributed by atoms with van der Waals surface area (Å²) in [6.07, 6.45) is 0. The molecule has 10 heteroatoms. The Labute approximate surface area is 211 Å². The van der Waals surface area contributed by atoms with Gasteiger partial charge in [-0.25, -0.2) is 9.07 Å². The number of halogens is 1. The number of hydrogen-bond donors (Lipinski definition) is 2. The van der Waals surface area contributed by atoms with Crippen LogP contribution in [0, 0.1) is 12.7 Å². The lowest BCUT2D eigenvalue weighted by Crippen LogP contribution is -2.47. The van der Waals surface area contributed by atoms with E-state index in [2.05, 4.69) is 14.9 Å². The number of fused-ring (bicyclic) bond motifs is 1. The number of piperazine rings is 1. The fraction of sp³-hybridized carbons (Fsp3) is 0.269. The number of hydrogen-bond acceptors (Lipinski definition) is 6. The van der Waals surface area contributed by atoms with Gasteiger partial charge in [-0.3, -0.25) is 8.74 Å². The summed E-state index contributed by atoms with van der Waals surface area (Å²) >= 11 is -2.32. The quantitative estimate of drug-likeness (QED) is 0.365. The number of benzene rings is 3. The molecule has 1 aliphatic rings. The maximum Gasteiger partial charge on any atom is 0.302 e. The Kier molecular flexibility index (Phi) is 7.01. The molecular formula is C26H28FN5O3S. The van der Waals surface area contributed by atoms with E-state index in [1.807, 2.05) is 67.6 Å². The van der Waals surface area contributed by atoms with Crippen molar-refractivity contribution in [1.29, 1.82) is 0 Å². The normalized spacial score (nSPS) is 15.0. The molecule has 0 bridgehead atoms. The van der Waals surface area contributed by atoms with Gasteiger partial charge in [0.1, 0.15) is 5.52 Å². The molecule has 1 atom stereocenters. The van der Waals surface area contributed by atoms with E-state index in [4.69, 9.17) is 14.5 Å². The maximum atomic E-state index is 16.0. The van der Waals surface area contributed by atoms with E-state index in [-0.39, 0.29) is 12.4 Å². The fourth-order valence-corrected chi connectivity index (χ4v) is 5.02. The predicted octanol–water partition coefficient (Wildman–Crippen LogP) is 3.91. The third kappa shape index (κ3) is 4.72. The minimum absolute atomic E-state index is 0.0412. The summed E-state index contributed by atoms with van der Waals surface area (Å²) in [7, 11) is 0. The highest BCUT2D eigenvalue weighted by Crippen LogP contribution is 2.32. The molecule has 0 aliphatic carbocycles. The lowest BCUT2D eigenvalue weighted by Gasteiger charge is -2.38. The zero-order valence-corrected chi connectivity index (χ0v) is 20.7. The van der Waals surface area contributed by atoms with Crippen molar-refractivity contribution in [3.8, 4) is 5.69 Å². The lowest BCUT2D eigenvalue weighted by molar-refractivity contribution is 0.297. The van der Waals surface area contributed by atoms with E-state index >= 15 is 4.39 Å². The molecule has 1 aromatic heterocycles. The predicted molar refractivity (Wildman–Crippen MR) is 140 cm³/mol. The summed E-state index contributed by atoms with van der Waals surface area (Å²) in [4.78, 5) is 4.24. The van der Waals surface area contributed by atoms with Gasteiger partial charge in [-0.2, -0.15) is 9.31 Å². The van der Waals surface area contributed by atoms with E-state index in [1.165, 1.54) is 0 Å². The molecular weight excluding hydrogens is 481 g/mol. The van der Waals surface area contributed by atoms with Crippen LogP contribution in [0.25, 0.3) is 16.6 Å². The first kappa shape index (κ1) is 24.4. The first-order valence-electron chi connectivity index (χ1n) is 11.8. The van der Waals surface area contributed by atoms with Crippen LogP contribution in [-0.4, -0.2) is 44.7 Å². The fourth-order valence-electron chi connectivity index (χ4n) is 4.80. The van der Waals surface area contributed by atoms with Crippen LogP contribution in [0.5, 0.6) is 0 Å². The molecule has 2 heterocycles. The van der Waals surface area contributed by atoms with E-state index in [0.717, 1.165) is 33.6 Å². The van der Waals surface area contributed by atoms with Crippen LogP contribution in [0.4, 0.5) is 15.8 Å². The Hall–Kier alpha value is -3.31. The number of nitrogens with zero attached hydrogens (tertiary/aromatic N) is 4. The monoisotopic (exact) mass is 509 g/mol. The third-order valence-corrected chi connectivity index (χ3v) is 6.93. The number of aryl methyl sites for hydroxylation is 1. The standard InChI is InChI=1S/C26H28FN5O3S/c1-18-22-9-10-24(25(27)26(22)32(29-18)21-7-4-5-19(15-21)16-28)31-13-11-30(12-14-31)23-8-3-2-6-20(23)17-35-36(33)34/h2-10,15H,11-14,16-17,28H2,1H3,(H,33,34). The first-order valence-corrected chi connectivity index (χ1v) is 12.8. The van der Waals surface area contributed by atoms with Crippen molar-refractivity contribution in [3.05, 3.63) is 83.3 Å². The van der Waals surface area contributed by atoms with Crippen molar-refractivity contribution in [2.75, 3.05) is 36.0 Å². The van der Waals surface area contributed by atoms with Gasteiger partial charge >= 0.3 is 11.4 Å². The van der Waals surface area contributed by atoms with E-state index in [1.54, 1.807) is 4.68 Å². The Morgan fingerprint density at radius 3 is 2.47 bits per heavy atom. The van der Waals surface area contributed by atoms with Crippen molar-refractivity contribution in [2.45, 2.75) is 20.1 Å². The Morgan fingerprint density at radius 1 is 1.03 bits per heavy atom. The molecule has 1 saturated heterocycles. The Balaban J connectivity index is 1.41. The number of rotatable bonds is 7. The van der Waals surface area contributed by atoms with E-state index in [9.17, 15) is 4.21 Å². The summed E-state index contributed by atoms with van der Waals surface area (Å²) in [5.41, 5.74) is 11.1. The zero-order chi connectivity index (χ0) is 25.2. The topological polar surface area (TPSA) is 96.9 Å². The minimum Gasteiger partial charge on any atom is -0.368 e. The van der Waals surface area contributed by atoms with Gasteiger partial charge in [-0.05, 0) is 42.8 Å². The summed E-state index contributed by atoms with van der Waals surface area (Å²) < 4.78 is 42.5. The Morgan fingerprint density at radius 2 is 1.75 bits per heavy atom. The van der Waals surface area contributed by atoms with Gasteiger partial charge in [0, 0.05) is 49.4 Å². The number of aromatic nitrogens is 2. The summed E-state index contributed by atoms with van der Waals surface area (Å²) in [5, 5.41) is 5.41. The van der Waals surface area contributed by atoms with Crippen molar-refractivity contribution >= 4 is 33.6 Å². The lowest BCUT2D eigenvalue weighted by atomic mass is 10.1. The van der Waals surface area contributed by atoms with Gasteiger partial charge in [0.25, 0.3) is 0 Å². The highest BCUT2D eigenvalue weighted by Gasteiger charge is 2.24.